The van der Waals surface area contributed by atoms with Gasteiger partial charge in [0.05, 0.1) is 5.69 Å². The van der Waals surface area contributed by atoms with Crippen molar-refractivity contribution in [3.05, 3.63) is 53.0 Å². The van der Waals surface area contributed by atoms with Crippen LogP contribution in [-0.4, -0.2) is 40.3 Å². The second-order valence-corrected chi connectivity index (χ2v) is 7.44. The minimum atomic E-state index is -0.187. The summed E-state index contributed by atoms with van der Waals surface area (Å²) in [5.74, 6) is 1.23. The number of oxazole rings is 1. The Morgan fingerprint density at radius 1 is 1.35 bits per heavy atom. The van der Waals surface area contributed by atoms with Crippen molar-refractivity contribution >= 4 is 5.91 Å². The zero-order chi connectivity index (χ0) is 18.1. The Morgan fingerprint density at radius 2 is 2.19 bits per heavy atom. The number of hydrogen-bond donors (Lipinski definition) is 0. The maximum atomic E-state index is 13.9. The molecule has 6 heteroatoms. The van der Waals surface area contributed by atoms with Gasteiger partial charge in [-0.3, -0.25) is 9.69 Å². The van der Waals surface area contributed by atoms with Gasteiger partial charge in [0, 0.05) is 44.7 Å². The molecule has 2 aromatic rings. The van der Waals surface area contributed by atoms with E-state index in [1.54, 1.807) is 12.1 Å². The van der Waals surface area contributed by atoms with Gasteiger partial charge in [-0.15, -0.1) is 0 Å². The first kappa shape index (κ1) is 17.2. The highest BCUT2D eigenvalue weighted by molar-refractivity contribution is 5.89. The lowest BCUT2D eigenvalue weighted by Gasteiger charge is -2.29. The predicted molar refractivity (Wildman–Crippen MR) is 95.0 cm³/mol. The zero-order valence-electron chi connectivity index (χ0n) is 15.1. The number of hydrogen-bond acceptors (Lipinski definition) is 4. The molecule has 26 heavy (non-hydrogen) atoms. The summed E-state index contributed by atoms with van der Waals surface area (Å²) >= 11 is 0. The topological polar surface area (TPSA) is 49.6 Å². The molecule has 0 spiro atoms. The molecular formula is C20H24FN3O2. The average Bonchev–Trinajstić information content (AvgIpc) is 3.06. The normalized spacial score (nSPS) is 20.8. The van der Waals surface area contributed by atoms with Crippen molar-refractivity contribution in [2.45, 2.75) is 39.3 Å². The molecule has 1 aromatic heterocycles. The zero-order valence-corrected chi connectivity index (χ0v) is 15.1. The molecular weight excluding hydrogens is 333 g/mol. The molecule has 0 unspecified atom stereocenters. The van der Waals surface area contributed by atoms with Crippen molar-refractivity contribution in [1.82, 2.24) is 14.8 Å². The SMILES string of the molecule is C[C@H]1CCCN(C(=O)c2nc3c(o2)CCN(Cc2ccccc2F)C3)C1. The monoisotopic (exact) mass is 357 g/mol. The van der Waals surface area contributed by atoms with E-state index in [0.717, 1.165) is 43.9 Å². The Labute approximate surface area is 152 Å². The fourth-order valence-corrected chi connectivity index (χ4v) is 3.86. The molecule has 2 aliphatic heterocycles. The molecule has 1 fully saturated rings. The number of likely N-dealkylation sites (tertiary alicyclic amines) is 1. The van der Waals surface area contributed by atoms with Gasteiger partial charge in [0.15, 0.2) is 0 Å². The number of benzene rings is 1. The lowest BCUT2D eigenvalue weighted by atomic mass is 10.0. The van der Waals surface area contributed by atoms with E-state index in [1.165, 1.54) is 6.07 Å². The molecule has 4 rings (SSSR count). The second-order valence-electron chi connectivity index (χ2n) is 7.44. The number of piperidine rings is 1. The molecule has 1 atom stereocenters. The molecule has 1 amide bonds. The maximum absolute atomic E-state index is 13.9. The molecule has 1 aromatic carbocycles. The van der Waals surface area contributed by atoms with E-state index >= 15 is 0 Å². The van der Waals surface area contributed by atoms with Crippen molar-refractivity contribution in [2.24, 2.45) is 5.92 Å². The highest BCUT2D eigenvalue weighted by Gasteiger charge is 2.29. The van der Waals surface area contributed by atoms with Crippen LogP contribution in [0.15, 0.2) is 28.7 Å². The van der Waals surface area contributed by atoms with Crippen LogP contribution in [0.3, 0.4) is 0 Å². The summed E-state index contributed by atoms with van der Waals surface area (Å²) in [5, 5.41) is 0. The second kappa shape index (κ2) is 7.19. The number of fused-ring (bicyclic) bond motifs is 1. The Morgan fingerprint density at radius 3 is 3.00 bits per heavy atom. The van der Waals surface area contributed by atoms with Crippen LogP contribution < -0.4 is 0 Å². The van der Waals surface area contributed by atoms with E-state index in [4.69, 9.17) is 4.42 Å². The first-order valence-electron chi connectivity index (χ1n) is 9.34. The Hall–Kier alpha value is -2.21. The van der Waals surface area contributed by atoms with Gasteiger partial charge in [0.2, 0.25) is 0 Å². The third-order valence-corrected chi connectivity index (χ3v) is 5.29. The van der Waals surface area contributed by atoms with Crippen LogP contribution in [0.1, 0.15) is 47.5 Å². The van der Waals surface area contributed by atoms with Crippen LogP contribution >= 0.6 is 0 Å². The van der Waals surface area contributed by atoms with Gasteiger partial charge in [-0.1, -0.05) is 25.1 Å². The first-order valence-corrected chi connectivity index (χ1v) is 9.34. The molecule has 5 nitrogen and oxygen atoms in total. The number of carbonyl (C=O) groups is 1. The van der Waals surface area contributed by atoms with Gasteiger partial charge in [0.1, 0.15) is 11.6 Å². The van der Waals surface area contributed by atoms with Crippen molar-refractivity contribution in [3.8, 4) is 0 Å². The summed E-state index contributed by atoms with van der Waals surface area (Å²) in [6.45, 7) is 5.59. The number of nitrogens with zero attached hydrogens (tertiary/aromatic N) is 3. The Bertz CT molecular complexity index is 804. The predicted octanol–water partition coefficient (Wildman–Crippen LogP) is 3.24. The maximum Gasteiger partial charge on any atom is 0.309 e. The lowest BCUT2D eigenvalue weighted by molar-refractivity contribution is 0.0640. The minimum Gasteiger partial charge on any atom is -0.437 e. The van der Waals surface area contributed by atoms with Crippen molar-refractivity contribution < 1.29 is 13.6 Å². The van der Waals surface area contributed by atoms with Crippen LogP contribution in [0, 0.1) is 11.7 Å². The van der Waals surface area contributed by atoms with E-state index in [1.807, 2.05) is 11.0 Å². The standard InChI is InChI=1S/C20H24FN3O2/c1-14-5-4-9-24(11-14)20(25)19-22-17-13-23(10-8-18(17)26-19)12-15-6-2-3-7-16(15)21/h2-3,6-7,14H,4-5,8-13H2,1H3/t14-/m0/s1. The summed E-state index contributed by atoms with van der Waals surface area (Å²) in [7, 11) is 0. The van der Waals surface area contributed by atoms with Gasteiger partial charge < -0.3 is 9.32 Å². The number of halogens is 1. The van der Waals surface area contributed by atoms with Crippen LogP contribution in [-0.2, 0) is 19.5 Å². The van der Waals surface area contributed by atoms with E-state index in [0.29, 0.717) is 31.0 Å². The largest absolute Gasteiger partial charge is 0.437 e. The van der Waals surface area contributed by atoms with Gasteiger partial charge >= 0.3 is 5.91 Å². The summed E-state index contributed by atoms with van der Waals surface area (Å²) < 4.78 is 19.7. The smallest absolute Gasteiger partial charge is 0.309 e. The first-order chi connectivity index (χ1) is 12.6. The number of carbonyl (C=O) groups excluding carboxylic acids is 1. The lowest BCUT2D eigenvalue weighted by Crippen LogP contribution is -2.39. The molecule has 0 bridgehead atoms. The van der Waals surface area contributed by atoms with Gasteiger partial charge in [0.25, 0.3) is 5.89 Å². The third-order valence-electron chi connectivity index (χ3n) is 5.29. The number of amides is 1. The minimum absolute atomic E-state index is 0.105. The fourth-order valence-electron chi connectivity index (χ4n) is 3.86. The fraction of sp³-hybridized carbons (Fsp3) is 0.500. The summed E-state index contributed by atoms with van der Waals surface area (Å²) in [6, 6.07) is 6.84. The van der Waals surface area contributed by atoms with E-state index in [9.17, 15) is 9.18 Å². The van der Waals surface area contributed by atoms with Crippen LogP contribution in [0.4, 0.5) is 4.39 Å². The molecule has 0 radical (unpaired) electrons. The average molecular weight is 357 g/mol. The van der Waals surface area contributed by atoms with Crippen molar-refractivity contribution in [3.63, 3.8) is 0 Å². The van der Waals surface area contributed by atoms with E-state index < -0.39 is 0 Å². The van der Waals surface area contributed by atoms with Crippen molar-refractivity contribution in [2.75, 3.05) is 19.6 Å². The van der Waals surface area contributed by atoms with E-state index in [-0.39, 0.29) is 17.6 Å². The number of aromatic nitrogens is 1. The molecule has 1 saturated heterocycles. The van der Waals surface area contributed by atoms with Gasteiger partial charge in [-0.2, -0.15) is 0 Å². The molecule has 2 aliphatic rings. The molecule has 138 valence electrons. The summed E-state index contributed by atoms with van der Waals surface area (Å²) in [6.07, 6.45) is 2.89. The van der Waals surface area contributed by atoms with E-state index in [2.05, 4.69) is 16.8 Å². The highest BCUT2D eigenvalue weighted by atomic mass is 19.1. The van der Waals surface area contributed by atoms with Gasteiger partial charge in [-0.25, -0.2) is 9.37 Å². The Kier molecular flexibility index (Phi) is 4.76. The summed E-state index contributed by atoms with van der Waals surface area (Å²) in [5.41, 5.74) is 1.49. The van der Waals surface area contributed by atoms with Crippen molar-refractivity contribution in [1.29, 1.82) is 0 Å². The molecule has 0 N–H and O–H groups in total. The van der Waals surface area contributed by atoms with Gasteiger partial charge in [-0.05, 0) is 24.8 Å². The van der Waals surface area contributed by atoms with Crippen LogP contribution in [0.25, 0.3) is 0 Å². The number of rotatable bonds is 3. The third kappa shape index (κ3) is 3.51. The molecule has 0 aliphatic carbocycles. The van der Waals surface area contributed by atoms with Crippen LogP contribution in [0.2, 0.25) is 0 Å². The quantitative estimate of drug-likeness (QED) is 0.846. The Balaban J connectivity index is 1.45. The van der Waals surface area contributed by atoms with Crippen LogP contribution in [0.5, 0.6) is 0 Å². The summed E-state index contributed by atoms with van der Waals surface area (Å²) in [4.78, 5) is 21.1. The molecule has 0 saturated carbocycles. The molecule has 3 heterocycles. The highest BCUT2D eigenvalue weighted by Crippen LogP contribution is 2.24.